The van der Waals surface area contributed by atoms with Crippen LogP contribution in [0.3, 0.4) is 0 Å². The van der Waals surface area contributed by atoms with Crippen LogP contribution < -0.4 is 4.90 Å². The minimum absolute atomic E-state index is 0.421. The molecule has 0 N–H and O–H groups in total. The van der Waals surface area contributed by atoms with E-state index in [4.69, 9.17) is 10.5 Å². The Morgan fingerprint density at radius 1 is 1.35 bits per heavy atom. The fourth-order valence-corrected chi connectivity index (χ4v) is 1.82. The van der Waals surface area contributed by atoms with Crippen LogP contribution in [-0.2, 0) is 0 Å². The highest BCUT2D eigenvalue weighted by Crippen LogP contribution is 2.18. The summed E-state index contributed by atoms with van der Waals surface area (Å²) in [4.78, 5) is 6.20. The molecule has 0 amide bonds. The Labute approximate surface area is 101 Å². The lowest BCUT2D eigenvalue weighted by molar-refractivity contribution is 0.809. The van der Waals surface area contributed by atoms with Gasteiger partial charge in [-0.25, -0.2) is 10.2 Å². The topological polar surface area (TPSA) is 63.7 Å². The van der Waals surface area contributed by atoms with Crippen LogP contribution in [0.4, 0.5) is 5.69 Å². The maximum atomic E-state index is 8.67. The summed E-state index contributed by atoms with van der Waals surface area (Å²) in [5, 5.41) is 17.3. The van der Waals surface area contributed by atoms with E-state index in [0.29, 0.717) is 5.69 Å². The van der Waals surface area contributed by atoms with Crippen LogP contribution in [0.15, 0.2) is 29.9 Å². The Bertz CT molecular complexity index is 507. The molecule has 4 nitrogen and oxygen atoms in total. The second kappa shape index (κ2) is 5.18. The number of hydrogen-bond acceptors (Lipinski definition) is 4. The molecule has 1 radical (unpaired) electrons. The molecule has 0 saturated heterocycles. The van der Waals surface area contributed by atoms with Crippen molar-refractivity contribution in [2.45, 2.75) is 6.42 Å². The molecule has 17 heavy (non-hydrogen) atoms. The fraction of sp³-hybridized carbons (Fsp3) is 0.250. The number of pyridine rings is 1. The van der Waals surface area contributed by atoms with Gasteiger partial charge in [0.15, 0.2) is 0 Å². The normalized spacial score (nSPS) is 14.5. The molecule has 0 saturated carbocycles. The molecular formula is C12H10BN4. The average Bonchev–Trinajstić information content (AvgIpc) is 2.40. The Kier molecular flexibility index (Phi) is 3.42. The van der Waals surface area contributed by atoms with E-state index in [1.165, 1.54) is 0 Å². The molecule has 0 aliphatic carbocycles. The highest BCUT2D eigenvalue weighted by atomic mass is 15.1. The van der Waals surface area contributed by atoms with E-state index in [9.17, 15) is 0 Å². The number of hydrogen-bond donors (Lipinski definition) is 0. The SMILES string of the molecule is N#C[B]C1=CCCN(c2ccc(C#N)nc2)C1. The van der Waals surface area contributed by atoms with Crippen LogP contribution in [0.1, 0.15) is 12.1 Å². The second-order valence-corrected chi connectivity index (χ2v) is 3.78. The lowest BCUT2D eigenvalue weighted by atomic mass is 9.70. The molecule has 0 bridgehead atoms. The van der Waals surface area contributed by atoms with Crippen LogP contribution in [-0.4, -0.2) is 25.4 Å². The summed E-state index contributed by atoms with van der Waals surface area (Å²) >= 11 is 0. The minimum Gasteiger partial charge on any atom is -0.367 e. The van der Waals surface area contributed by atoms with Crippen molar-refractivity contribution >= 4 is 13.0 Å². The molecule has 0 spiro atoms. The Morgan fingerprint density at radius 2 is 2.24 bits per heavy atom. The summed E-state index contributed by atoms with van der Waals surface area (Å²) in [6.07, 6.45) is 4.71. The number of rotatable bonds is 2. The van der Waals surface area contributed by atoms with Gasteiger partial charge in [0.05, 0.1) is 11.9 Å². The average molecular weight is 221 g/mol. The van der Waals surface area contributed by atoms with Crippen molar-refractivity contribution in [2.24, 2.45) is 0 Å². The zero-order valence-electron chi connectivity index (χ0n) is 9.30. The highest BCUT2D eigenvalue weighted by Gasteiger charge is 2.13. The van der Waals surface area contributed by atoms with Crippen molar-refractivity contribution in [3.63, 3.8) is 0 Å². The van der Waals surface area contributed by atoms with Crippen molar-refractivity contribution in [2.75, 3.05) is 18.0 Å². The first-order valence-corrected chi connectivity index (χ1v) is 5.36. The zero-order chi connectivity index (χ0) is 12.1. The molecular weight excluding hydrogens is 211 g/mol. The largest absolute Gasteiger partial charge is 0.367 e. The van der Waals surface area contributed by atoms with Gasteiger partial charge in [0.2, 0.25) is 0 Å². The van der Waals surface area contributed by atoms with Gasteiger partial charge >= 0.3 is 0 Å². The Morgan fingerprint density at radius 3 is 2.88 bits per heavy atom. The Balaban J connectivity index is 2.11. The van der Waals surface area contributed by atoms with E-state index < -0.39 is 0 Å². The smallest absolute Gasteiger partial charge is 0.288 e. The minimum atomic E-state index is 0.421. The summed E-state index contributed by atoms with van der Waals surface area (Å²) < 4.78 is 0. The molecule has 1 aromatic heterocycles. The van der Waals surface area contributed by atoms with Gasteiger partial charge < -0.3 is 4.90 Å². The van der Waals surface area contributed by atoms with E-state index in [2.05, 4.69) is 16.0 Å². The molecule has 1 aliphatic rings. The molecule has 0 aromatic carbocycles. The van der Waals surface area contributed by atoms with Crippen molar-refractivity contribution < 1.29 is 0 Å². The van der Waals surface area contributed by atoms with Gasteiger partial charge in [0, 0.05) is 19.1 Å². The number of nitriles is 2. The van der Waals surface area contributed by atoms with Crippen molar-refractivity contribution in [1.82, 2.24) is 4.98 Å². The van der Waals surface area contributed by atoms with Gasteiger partial charge in [0.25, 0.3) is 7.28 Å². The predicted molar refractivity (Wildman–Crippen MR) is 65.2 cm³/mol. The lowest BCUT2D eigenvalue weighted by Crippen LogP contribution is -2.31. The fourth-order valence-electron chi connectivity index (χ4n) is 1.82. The third-order valence-corrected chi connectivity index (χ3v) is 2.66. The summed E-state index contributed by atoms with van der Waals surface area (Å²) in [5.74, 6) is 2.05. The first kappa shape index (κ1) is 11.2. The van der Waals surface area contributed by atoms with Gasteiger partial charge in [-0.05, 0) is 18.6 Å². The molecule has 1 aliphatic heterocycles. The van der Waals surface area contributed by atoms with E-state index in [-0.39, 0.29) is 0 Å². The van der Waals surface area contributed by atoms with Crippen molar-refractivity contribution in [3.05, 3.63) is 35.6 Å². The monoisotopic (exact) mass is 221 g/mol. The van der Waals surface area contributed by atoms with E-state index in [1.54, 1.807) is 19.5 Å². The molecule has 1 aromatic rings. The molecule has 0 unspecified atom stereocenters. The van der Waals surface area contributed by atoms with E-state index >= 15 is 0 Å². The van der Waals surface area contributed by atoms with Crippen LogP contribution in [0, 0.1) is 22.6 Å². The van der Waals surface area contributed by atoms with Gasteiger partial charge in [-0.2, -0.15) is 5.26 Å². The first-order chi connectivity index (χ1) is 8.33. The van der Waals surface area contributed by atoms with Crippen LogP contribution >= 0.6 is 0 Å². The summed E-state index contributed by atoms with van der Waals surface area (Å²) in [5.41, 5.74) is 2.44. The molecule has 0 fully saturated rings. The van der Waals surface area contributed by atoms with Crippen LogP contribution in [0.25, 0.3) is 0 Å². The van der Waals surface area contributed by atoms with Gasteiger partial charge in [-0.15, -0.1) is 0 Å². The number of nitrogens with zero attached hydrogens (tertiary/aromatic N) is 4. The summed E-state index contributed by atoms with van der Waals surface area (Å²) in [7, 11) is 1.57. The molecule has 5 heteroatoms. The van der Waals surface area contributed by atoms with E-state index in [1.807, 2.05) is 18.1 Å². The molecule has 2 rings (SSSR count). The maximum Gasteiger partial charge on any atom is 0.288 e. The first-order valence-electron chi connectivity index (χ1n) is 5.36. The quantitative estimate of drug-likeness (QED) is 0.704. The van der Waals surface area contributed by atoms with Crippen molar-refractivity contribution in [3.8, 4) is 12.0 Å². The molecule has 81 valence electrons. The summed E-state index contributed by atoms with van der Waals surface area (Å²) in [6, 6.07) is 5.60. The van der Waals surface area contributed by atoms with Gasteiger partial charge in [-0.1, -0.05) is 11.5 Å². The van der Waals surface area contributed by atoms with E-state index in [0.717, 1.165) is 30.7 Å². The maximum absolute atomic E-state index is 8.67. The third-order valence-electron chi connectivity index (χ3n) is 2.66. The number of anilines is 1. The van der Waals surface area contributed by atoms with Gasteiger partial charge in [-0.3, -0.25) is 0 Å². The van der Waals surface area contributed by atoms with Crippen LogP contribution in [0.5, 0.6) is 0 Å². The molecule has 2 heterocycles. The zero-order valence-corrected chi connectivity index (χ0v) is 9.30. The predicted octanol–water partition coefficient (Wildman–Crippen LogP) is 1.23. The Hall–Kier alpha value is -2.27. The molecule has 0 atom stereocenters. The standard InChI is InChI=1S/C12H10BN4/c14-6-11-3-4-12(7-16-11)17-5-1-2-10(8-17)13-9-15/h2-4,7H,1,5,8H2. The third kappa shape index (κ3) is 2.65. The number of aromatic nitrogens is 1. The van der Waals surface area contributed by atoms with Gasteiger partial charge in [0.1, 0.15) is 11.8 Å². The summed E-state index contributed by atoms with van der Waals surface area (Å²) in [6.45, 7) is 1.64. The van der Waals surface area contributed by atoms with Crippen molar-refractivity contribution in [1.29, 1.82) is 10.5 Å². The van der Waals surface area contributed by atoms with Crippen LogP contribution in [0.2, 0.25) is 0 Å². The highest BCUT2D eigenvalue weighted by molar-refractivity contribution is 6.54. The second-order valence-electron chi connectivity index (χ2n) is 3.78. The lowest BCUT2D eigenvalue weighted by Gasteiger charge is -2.28.